The van der Waals surface area contributed by atoms with Crippen molar-refractivity contribution in [3.05, 3.63) is 29.8 Å². The number of benzene rings is 1. The third-order valence-corrected chi connectivity index (χ3v) is 4.29. The van der Waals surface area contributed by atoms with Gasteiger partial charge in [0.15, 0.2) is 5.96 Å². The zero-order chi connectivity index (χ0) is 16.6. The zero-order valence-electron chi connectivity index (χ0n) is 14.7. The first-order valence-corrected chi connectivity index (χ1v) is 8.73. The van der Waals surface area contributed by atoms with Crippen molar-refractivity contribution in [1.82, 2.24) is 10.6 Å². The molecule has 140 valence electrons. The quantitative estimate of drug-likeness (QED) is 0.282. The van der Waals surface area contributed by atoms with Crippen LogP contribution in [0.2, 0.25) is 0 Å². The molecule has 2 aliphatic heterocycles. The van der Waals surface area contributed by atoms with Crippen molar-refractivity contribution in [3.63, 3.8) is 0 Å². The van der Waals surface area contributed by atoms with Gasteiger partial charge in [0.1, 0.15) is 11.9 Å². The van der Waals surface area contributed by atoms with Gasteiger partial charge in [-0.15, -0.1) is 24.0 Å². The number of para-hydroxylation sites is 1. The van der Waals surface area contributed by atoms with Crippen molar-refractivity contribution in [2.75, 3.05) is 40.0 Å². The number of halogens is 1. The topological polar surface area (TPSA) is 64.1 Å². The fourth-order valence-electron chi connectivity index (χ4n) is 2.97. The SMILES string of the molecule is CN=C(NCCCOC1CCOC1)NCC1Cc2ccccc2O1.I. The molecule has 0 amide bonds. The van der Waals surface area contributed by atoms with E-state index in [4.69, 9.17) is 14.2 Å². The Morgan fingerprint density at radius 1 is 1.32 bits per heavy atom. The summed E-state index contributed by atoms with van der Waals surface area (Å²) in [6.07, 6.45) is 3.34. The highest BCUT2D eigenvalue weighted by Gasteiger charge is 2.22. The summed E-state index contributed by atoms with van der Waals surface area (Å²) in [6, 6.07) is 8.21. The van der Waals surface area contributed by atoms with E-state index in [9.17, 15) is 0 Å². The molecule has 0 saturated carbocycles. The first kappa shape index (κ1) is 20.3. The Hall–Kier alpha value is -1.06. The minimum Gasteiger partial charge on any atom is -0.488 e. The van der Waals surface area contributed by atoms with E-state index < -0.39 is 0 Å². The first-order chi connectivity index (χ1) is 11.8. The highest BCUT2D eigenvalue weighted by atomic mass is 127. The molecule has 0 spiro atoms. The van der Waals surface area contributed by atoms with Crippen LogP contribution in [-0.4, -0.2) is 58.1 Å². The molecule has 3 rings (SSSR count). The molecule has 2 heterocycles. The lowest BCUT2D eigenvalue weighted by atomic mass is 10.1. The predicted octanol–water partition coefficient (Wildman–Crippen LogP) is 1.97. The monoisotopic (exact) mass is 461 g/mol. The summed E-state index contributed by atoms with van der Waals surface area (Å²) in [5.41, 5.74) is 1.28. The van der Waals surface area contributed by atoms with Crippen LogP contribution >= 0.6 is 24.0 Å². The smallest absolute Gasteiger partial charge is 0.191 e. The van der Waals surface area contributed by atoms with Gasteiger partial charge in [-0.25, -0.2) is 0 Å². The Bertz CT molecular complexity index is 525. The molecule has 2 N–H and O–H groups in total. The molecule has 25 heavy (non-hydrogen) atoms. The van der Waals surface area contributed by atoms with Gasteiger partial charge in [-0.2, -0.15) is 0 Å². The van der Waals surface area contributed by atoms with Crippen molar-refractivity contribution in [3.8, 4) is 5.75 Å². The summed E-state index contributed by atoms with van der Waals surface area (Å²) in [4.78, 5) is 4.25. The number of aliphatic imine (C=N–C) groups is 1. The van der Waals surface area contributed by atoms with Gasteiger partial charge in [-0.1, -0.05) is 18.2 Å². The fourth-order valence-corrected chi connectivity index (χ4v) is 2.97. The fraction of sp³-hybridized carbons (Fsp3) is 0.611. The third-order valence-electron chi connectivity index (χ3n) is 4.29. The maximum atomic E-state index is 5.92. The summed E-state index contributed by atoms with van der Waals surface area (Å²) in [5.74, 6) is 1.80. The molecular weight excluding hydrogens is 433 g/mol. The molecule has 0 radical (unpaired) electrons. The van der Waals surface area contributed by atoms with Crippen LogP contribution < -0.4 is 15.4 Å². The standard InChI is InChI=1S/C18H27N3O3.HI/c1-19-18(20-8-4-9-23-15-7-10-22-13-15)21-12-16-11-14-5-2-3-6-17(14)24-16;/h2-3,5-6,15-16H,4,7-13H2,1H3,(H2,19,20,21);1H. The molecule has 0 aromatic heterocycles. The van der Waals surface area contributed by atoms with E-state index in [0.29, 0.717) is 0 Å². The van der Waals surface area contributed by atoms with Crippen LogP contribution in [-0.2, 0) is 15.9 Å². The molecule has 1 saturated heterocycles. The number of hydrogen-bond acceptors (Lipinski definition) is 4. The van der Waals surface area contributed by atoms with Crippen molar-refractivity contribution in [2.45, 2.75) is 31.5 Å². The number of rotatable bonds is 7. The molecule has 1 aromatic rings. The van der Waals surface area contributed by atoms with Crippen LogP contribution in [0.4, 0.5) is 0 Å². The van der Waals surface area contributed by atoms with Crippen LogP contribution in [0, 0.1) is 0 Å². The van der Waals surface area contributed by atoms with Crippen molar-refractivity contribution >= 4 is 29.9 Å². The number of fused-ring (bicyclic) bond motifs is 1. The zero-order valence-corrected chi connectivity index (χ0v) is 17.0. The summed E-state index contributed by atoms with van der Waals surface area (Å²) in [6.45, 7) is 3.88. The summed E-state index contributed by atoms with van der Waals surface area (Å²) in [5, 5.41) is 6.64. The number of hydrogen-bond donors (Lipinski definition) is 2. The van der Waals surface area contributed by atoms with Gasteiger partial charge in [0.2, 0.25) is 0 Å². The lowest BCUT2D eigenvalue weighted by molar-refractivity contribution is 0.0420. The van der Waals surface area contributed by atoms with Crippen LogP contribution in [0.15, 0.2) is 29.3 Å². The predicted molar refractivity (Wildman–Crippen MR) is 109 cm³/mol. The van der Waals surface area contributed by atoms with E-state index in [-0.39, 0.29) is 36.2 Å². The molecule has 0 bridgehead atoms. The summed E-state index contributed by atoms with van der Waals surface area (Å²) < 4.78 is 17.0. The van der Waals surface area contributed by atoms with Gasteiger partial charge < -0.3 is 24.8 Å². The van der Waals surface area contributed by atoms with E-state index in [1.165, 1.54) is 5.56 Å². The first-order valence-electron chi connectivity index (χ1n) is 8.73. The van der Waals surface area contributed by atoms with Gasteiger partial charge in [-0.05, 0) is 24.5 Å². The summed E-state index contributed by atoms with van der Waals surface area (Å²) in [7, 11) is 1.78. The van der Waals surface area contributed by atoms with Gasteiger partial charge in [-0.3, -0.25) is 4.99 Å². The minimum atomic E-state index is 0. The van der Waals surface area contributed by atoms with E-state index in [1.54, 1.807) is 7.05 Å². The lowest BCUT2D eigenvalue weighted by Gasteiger charge is -2.16. The molecule has 2 atom stereocenters. The van der Waals surface area contributed by atoms with Gasteiger partial charge in [0.05, 0.1) is 19.3 Å². The highest BCUT2D eigenvalue weighted by Crippen LogP contribution is 2.27. The van der Waals surface area contributed by atoms with Crippen LogP contribution in [0.5, 0.6) is 5.75 Å². The van der Waals surface area contributed by atoms with E-state index in [0.717, 1.165) is 63.9 Å². The van der Waals surface area contributed by atoms with Gasteiger partial charge >= 0.3 is 0 Å². The average molecular weight is 461 g/mol. The lowest BCUT2D eigenvalue weighted by Crippen LogP contribution is -2.42. The molecule has 1 aromatic carbocycles. The minimum absolute atomic E-state index is 0. The molecule has 7 heteroatoms. The number of nitrogens with one attached hydrogen (secondary N) is 2. The van der Waals surface area contributed by atoms with Crippen molar-refractivity contribution in [1.29, 1.82) is 0 Å². The number of guanidine groups is 1. The number of ether oxygens (including phenoxy) is 3. The van der Waals surface area contributed by atoms with Gasteiger partial charge in [0.25, 0.3) is 0 Å². The van der Waals surface area contributed by atoms with E-state index in [2.05, 4.69) is 27.8 Å². The molecule has 1 fully saturated rings. The Morgan fingerprint density at radius 2 is 2.20 bits per heavy atom. The summed E-state index contributed by atoms with van der Waals surface area (Å²) >= 11 is 0. The molecule has 0 aliphatic carbocycles. The second-order valence-electron chi connectivity index (χ2n) is 6.14. The van der Waals surface area contributed by atoms with Crippen LogP contribution in [0.1, 0.15) is 18.4 Å². The number of nitrogens with zero attached hydrogens (tertiary/aromatic N) is 1. The Kier molecular flexibility index (Phi) is 8.77. The largest absolute Gasteiger partial charge is 0.488 e. The molecule has 2 unspecified atom stereocenters. The highest BCUT2D eigenvalue weighted by molar-refractivity contribution is 14.0. The molecular formula is C18H28IN3O3. The molecule has 6 nitrogen and oxygen atoms in total. The normalized spacial score (nSPS) is 22.0. The third kappa shape index (κ3) is 6.31. The van der Waals surface area contributed by atoms with Crippen molar-refractivity contribution < 1.29 is 14.2 Å². The molecule has 2 aliphatic rings. The van der Waals surface area contributed by atoms with Crippen molar-refractivity contribution in [2.24, 2.45) is 4.99 Å². The second kappa shape index (κ2) is 10.8. The maximum Gasteiger partial charge on any atom is 0.191 e. The van der Waals surface area contributed by atoms with E-state index >= 15 is 0 Å². The Labute approximate surface area is 166 Å². The van der Waals surface area contributed by atoms with Crippen LogP contribution in [0.25, 0.3) is 0 Å². The Morgan fingerprint density at radius 3 is 2.96 bits per heavy atom. The maximum absolute atomic E-state index is 5.92. The average Bonchev–Trinajstić information content (AvgIpc) is 3.26. The second-order valence-corrected chi connectivity index (χ2v) is 6.14. The van der Waals surface area contributed by atoms with Crippen LogP contribution in [0.3, 0.4) is 0 Å². The van der Waals surface area contributed by atoms with Gasteiger partial charge in [0, 0.05) is 33.2 Å². The Balaban J connectivity index is 0.00000225. The van der Waals surface area contributed by atoms with E-state index in [1.807, 2.05) is 12.1 Å².